The van der Waals surface area contributed by atoms with Crippen LogP contribution in [0.15, 0.2) is 48.5 Å². The first-order chi connectivity index (χ1) is 16.0. The summed E-state index contributed by atoms with van der Waals surface area (Å²) in [5.74, 6) is 0.724. The molecule has 3 aromatic rings. The van der Waals surface area contributed by atoms with Crippen LogP contribution in [0.2, 0.25) is 0 Å². The zero-order chi connectivity index (χ0) is 23.4. The number of piperidine rings is 1. The predicted octanol–water partition coefficient (Wildman–Crippen LogP) is 4.24. The second-order valence-corrected chi connectivity index (χ2v) is 8.73. The van der Waals surface area contributed by atoms with Crippen LogP contribution in [0, 0.1) is 5.92 Å². The fraction of sp³-hybridized carbons (Fsp3) is 0.333. The number of anilines is 2. The topological polar surface area (TPSA) is 93.7 Å². The number of rotatable bonds is 7. The summed E-state index contributed by atoms with van der Waals surface area (Å²) in [6, 6.07) is 14.3. The van der Waals surface area contributed by atoms with E-state index < -0.39 is 12.0 Å². The monoisotopic (exact) mass is 466 g/mol. The van der Waals surface area contributed by atoms with E-state index in [0.29, 0.717) is 28.7 Å². The third kappa shape index (κ3) is 4.83. The van der Waals surface area contributed by atoms with Gasteiger partial charge in [0.05, 0.1) is 26.2 Å². The average molecular weight is 467 g/mol. The number of benzene rings is 2. The van der Waals surface area contributed by atoms with Gasteiger partial charge in [-0.25, -0.2) is 0 Å². The van der Waals surface area contributed by atoms with Crippen molar-refractivity contribution in [3.8, 4) is 11.5 Å². The van der Waals surface area contributed by atoms with Crippen LogP contribution in [-0.4, -0.2) is 36.2 Å². The smallest absolute Gasteiger partial charge is 0.231 e. The van der Waals surface area contributed by atoms with Gasteiger partial charge >= 0.3 is 0 Å². The number of ether oxygens (including phenoxy) is 2. The molecule has 33 heavy (non-hydrogen) atoms. The zero-order valence-corrected chi connectivity index (χ0v) is 19.6. The molecular formula is C24H26N4O4S. The molecule has 0 saturated carbocycles. The van der Waals surface area contributed by atoms with Crippen molar-refractivity contribution in [3.05, 3.63) is 59.1 Å². The van der Waals surface area contributed by atoms with E-state index in [9.17, 15) is 9.59 Å². The van der Waals surface area contributed by atoms with Crippen LogP contribution in [0.5, 0.6) is 11.5 Å². The van der Waals surface area contributed by atoms with Crippen LogP contribution in [0.4, 0.5) is 10.8 Å². The molecule has 172 valence electrons. The van der Waals surface area contributed by atoms with Gasteiger partial charge in [0.1, 0.15) is 16.5 Å². The van der Waals surface area contributed by atoms with E-state index in [4.69, 9.17) is 9.47 Å². The number of aryl methyl sites for hydroxylation is 1. The Morgan fingerprint density at radius 2 is 1.70 bits per heavy atom. The second-order valence-electron chi connectivity index (χ2n) is 7.67. The van der Waals surface area contributed by atoms with Crippen molar-refractivity contribution in [1.82, 2.24) is 10.2 Å². The quantitative estimate of drug-likeness (QED) is 0.560. The minimum Gasteiger partial charge on any atom is -0.497 e. The third-order valence-electron chi connectivity index (χ3n) is 5.74. The van der Waals surface area contributed by atoms with Crippen molar-refractivity contribution < 1.29 is 19.1 Å². The largest absolute Gasteiger partial charge is 0.497 e. The van der Waals surface area contributed by atoms with E-state index in [2.05, 4.69) is 15.5 Å². The summed E-state index contributed by atoms with van der Waals surface area (Å²) in [4.78, 5) is 28.3. The van der Waals surface area contributed by atoms with Crippen molar-refractivity contribution in [1.29, 1.82) is 0 Å². The number of carbonyl (C=O) groups is 2. The SMILES string of the molecule is CCc1nnc(NC(=O)[C@H]2CCC(=O)N(c3ccc(OC)cc3)[C@@H]2c2ccc(OC)cc2)s1. The zero-order valence-electron chi connectivity index (χ0n) is 18.8. The van der Waals surface area contributed by atoms with Crippen molar-refractivity contribution in [2.45, 2.75) is 32.2 Å². The van der Waals surface area contributed by atoms with Crippen LogP contribution in [-0.2, 0) is 16.0 Å². The Kier molecular flexibility index (Phi) is 6.88. The number of carbonyl (C=O) groups excluding carboxylic acids is 2. The van der Waals surface area contributed by atoms with Crippen LogP contribution < -0.4 is 19.7 Å². The lowest BCUT2D eigenvalue weighted by molar-refractivity contribution is -0.125. The standard InChI is InChI=1S/C24H26N4O4S/c1-4-20-26-27-24(33-20)25-23(30)19-13-14-21(29)28(16-7-11-18(32-3)12-8-16)22(19)15-5-9-17(31-2)10-6-15/h5-12,19,22H,4,13-14H2,1-3H3,(H,25,27,30)/t19-,22+/m0/s1. The molecule has 2 amide bonds. The summed E-state index contributed by atoms with van der Waals surface area (Å²) in [5, 5.41) is 12.4. The van der Waals surface area contributed by atoms with Gasteiger partial charge in [-0.2, -0.15) is 0 Å². The Hall–Kier alpha value is -3.46. The highest BCUT2D eigenvalue weighted by atomic mass is 32.1. The molecule has 0 bridgehead atoms. The molecule has 0 unspecified atom stereocenters. The molecule has 0 spiro atoms. The van der Waals surface area contributed by atoms with Crippen LogP contribution in [0.25, 0.3) is 0 Å². The lowest BCUT2D eigenvalue weighted by Crippen LogP contribution is -2.46. The van der Waals surface area contributed by atoms with Gasteiger partial charge in [-0.3, -0.25) is 9.59 Å². The van der Waals surface area contributed by atoms with E-state index in [-0.39, 0.29) is 18.2 Å². The molecule has 4 rings (SSSR count). The number of nitrogens with one attached hydrogen (secondary N) is 1. The Bertz CT molecular complexity index is 1110. The molecule has 0 aliphatic carbocycles. The molecule has 2 atom stereocenters. The first-order valence-electron chi connectivity index (χ1n) is 10.8. The number of methoxy groups -OCH3 is 2. The number of hydrogen-bond acceptors (Lipinski definition) is 7. The first-order valence-corrected chi connectivity index (χ1v) is 11.6. The number of aromatic nitrogens is 2. The number of amides is 2. The summed E-state index contributed by atoms with van der Waals surface area (Å²) in [6.45, 7) is 1.99. The lowest BCUT2D eigenvalue weighted by Gasteiger charge is -2.40. The maximum Gasteiger partial charge on any atom is 0.231 e. The molecule has 1 aliphatic heterocycles. The van der Waals surface area contributed by atoms with Crippen molar-refractivity contribution >= 4 is 34.0 Å². The molecule has 8 nitrogen and oxygen atoms in total. The summed E-state index contributed by atoms with van der Waals surface area (Å²) in [7, 11) is 3.20. The van der Waals surface area contributed by atoms with Gasteiger partial charge in [-0.1, -0.05) is 30.4 Å². The van der Waals surface area contributed by atoms with Crippen molar-refractivity contribution in [2.24, 2.45) is 5.92 Å². The predicted molar refractivity (Wildman–Crippen MR) is 127 cm³/mol. The van der Waals surface area contributed by atoms with Crippen LogP contribution in [0.1, 0.15) is 36.4 Å². The van der Waals surface area contributed by atoms with Crippen LogP contribution >= 0.6 is 11.3 Å². The van der Waals surface area contributed by atoms with E-state index in [0.717, 1.165) is 17.0 Å². The highest BCUT2D eigenvalue weighted by Gasteiger charge is 2.41. The van der Waals surface area contributed by atoms with Gasteiger partial charge in [-0.15, -0.1) is 10.2 Å². The molecule has 1 saturated heterocycles. The van der Waals surface area contributed by atoms with Gasteiger partial charge in [0.25, 0.3) is 0 Å². The van der Waals surface area contributed by atoms with Gasteiger partial charge in [-0.05, 0) is 54.8 Å². The number of hydrogen-bond donors (Lipinski definition) is 1. The first kappa shape index (κ1) is 22.7. The highest BCUT2D eigenvalue weighted by molar-refractivity contribution is 7.15. The molecular weight excluding hydrogens is 440 g/mol. The maximum absolute atomic E-state index is 13.4. The van der Waals surface area contributed by atoms with E-state index in [1.165, 1.54) is 11.3 Å². The second kappa shape index (κ2) is 9.99. The fourth-order valence-electron chi connectivity index (χ4n) is 4.04. The normalized spacial score (nSPS) is 18.2. The minimum atomic E-state index is -0.482. The molecule has 0 radical (unpaired) electrons. The molecule has 9 heteroatoms. The Morgan fingerprint density at radius 1 is 1.06 bits per heavy atom. The van der Waals surface area contributed by atoms with Crippen LogP contribution in [0.3, 0.4) is 0 Å². The van der Waals surface area contributed by atoms with Gasteiger partial charge < -0.3 is 19.7 Å². The minimum absolute atomic E-state index is 0.0331. The Morgan fingerprint density at radius 3 is 2.27 bits per heavy atom. The van der Waals surface area contributed by atoms with E-state index >= 15 is 0 Å². The van der Waals surface area contributed by atoms with Gasteiger partial charge in [0, 0.05) is 12.1 Å². The Labute approximate surface area is 196 Å². The number of nitrogens with zero attached hydrogens (tertiary/aromatic N) is 3. The highest BCUT2D eigenvalue weighted by Crippen LogP contribution is 2.41. The molecule has 2 aromatic carbocycles. The molecule has 1 aliphatic rings. The van der Waals surface area contributed by atoms with E-state index in [1.807, 2.05) is 55.5 Å². The summed E-state index contributed by atoms with van der Waals surface area (Å²) in [6.07, 6.45) is 1.46. The molecule has 2 heterocycles. The summed E-state index contributed by atoms with van der Waals surface area (Å²) < 4.78 is 10.6. The average Bonchev–Trinajstić information content (AvgIpc) is 3.31. The molecule has 1 fully saturated rings. The van der Waals surface area contributed by atoms with Gasteiger partial charge in [0.2, 0.25) is 16.9 Å². The van der Waals surface area contributed by atoms with Gasteiger partial charge in [0.15, 0.2) is 0 Å². The summed E-state index contributed by atoms with van der Waals surface area (Å²) in [5.41, 5.74) is 1.56. The fourth-order valence-corrected chi connectivity index (χ4v) is 4.72. The summed E-state index contributed by atoms with van der Waals surface area (Å²) >= 11 is 1.36. The van der Waals surface area contributed by atoms with E-state index in [1.54, 1.807) is 19.1 Å². The van der Waals surface area contributed by atoms with Crippen molar-refractivity contribution in [2.75, 3.05) is 24.4 Å². The van der Waals surface area contributed by atoms with Crippen molar-refractivity contribution in [3.63, 3.8) is 0 Å². The Balaban J connectivity index is 1.71. The third-order valence-corrected chi connectivity index (χ3v) is 6.72. The lowest BCUT2D eigenvalue weighted by atomic mass is 9.83. The maximum atomic E-state index is 13.4. The molecule has 1 N–H and O–H groups in total. The molecule has 1 aromatic heterocycles.